The topological polar surface area (TPSA) is 81.9 Å². The second-order valence-electron chi connectivity index (χ2n) is 5.20. The lowest BCUT2D eigenvalue weighted by Crippen LogP contribution is -2.36. The molecule has 1 aromatic carbocycles. The molecule has 1 atom stereocenters. The number of amides is 1. The number of carbonyl (C=O) groups is 1. The lowest BCUT2D eigenvalue weighted by molar-refractivity contribution is 0.0932. The van der Waals surface area contributed by atoms with Gasteiger partial charge in [0.15, 0.2) is 11.9 Å². The summed E-state index contributed by atoms with van der Waals surface area (Å²) in [6.07, 6.45) is 4.50. The van der Waals surface area contributed by atoms with Crippen molar-refractivity contribution in [1.82, 2.24) is 20.4 Å². The van der Waals surface area contributed by atoms with E-state index < -0.39 is 0 Å². The highest BCUT2D eigenvalue weighted by Crippen LogP contribution is 2.18. The van der Waals surface area contributed by atoms with Crippen LogP contribution < -0.4 is 5.32 Å². The average Bonchev–Trinajstić information content (AvgIpc) is 3.03. The van der Waals surface area contributed by atoms with Crippen LogP contribution >= 0.6 is 0 Å². The lowest BCUT2D eigenvalue weighted by atomic mass is 10.1. The molecule has 1 N–H and O–H groups in total. The van der Waals surface area contributed by atoms with Crippen molar-refractivity contribution < 1.29 is 4.79 Å². The van der Waals surface area contributed by atoms with Crippen LogP contribution in [0.5, 0.6) is 0 Å². The molecule has 0 bridgehead atoms. The Bertz CT molecular complexity index is 710. The molecule has 1 amide bonds. The smallest absolute Gasteiger partial charge is 0.272 e. The van der Waals surface area contributed by atoms with Crippen LogP contribution in [-0.2, 0) is 0 Å². The number of nitrogens with zero attached hydrogens (tertiary/aromatic N) is 4. The largest absolute Gasteiger partial charge is 0.346 e. The van der Waals surface area contributed by atoms with Crippen molar-refractivity contribution >= 4 is 5.91 Å². The molecule has 2 heterocycles. The summed E-state index contributed by atoms with van der Waals surface area (Å²) in [6, 6.07) is 11.4. The molecule has 0 saturated carbocycles. The van der Waals surface area contributed by atoms with Gasteiger partial charge < -0.3 is 10.2 Å². The minimum Gasteiger partial charge on any atom is -0.346 e. The van der Waals surface area contributed by atoms with Gasteiger partial charge in [-0.2, -0.15) is 10.4 Å². The van der Waals surface area contributed by atoms with E-state index in [2.05, 4.69) is 21.7 Å². The Morgan fingerprint density at radius 3 is 2.86 bits per heavy atom. The van der Waals surface area contributed by atoms with E-state index in [0.29, 0.717) is 13.1 Å². The van der Waals surface area contributed by atoms with Gasteiger partial charge in [-0.1, -0.05) is 30.3 Å². The maximum atomic E-state index is 12.3. The maximum absolute atomic E-state index is 12.3. The Morgan fingerprint density at radius 1 is 1.32 bits per heavy atom. The molecule has 1 aliphatic heterocycles. The zero-order valence-electron chi connectivity index (χ0n) is 11.9. The molecule has 1 aromatic heterocycles. The van der Waals surface area contributed by atoms with Gasteiger partial charge in [-0.25, -0.2) is 0 Å². The summed E-state index contributed by atoms with van der Waals surface area (Å²) in [5.41, 5.74) is 2.13. The number of benzene rings is 1. The van der Waals surface area contributed by atoms with Crippen LogP contribution in [0.1, 0.15) is 16.9 Å². The van der Waals surface area contributed by atoms with E-state index in [1.165, 1.54) is 0 Å². The molecule has 1 unspecified atom stereocenters. The van der Waals surface area contributed by atoms with E-state index in [1.807, 2.05) is 30.3 Å². The van der Waals surface area contributed by atoms with Gasteiger partial charge >= 0.3 is 0 Å². The van der Waals surface area contributed by atoms with Crippen LogP contribution in [0.4, 0.5) is 0 Å². The molecule has 2 aromatic rings. The molecule has 22 heavy (non-hydrogen) atoms. The summed E-state index contributed by atoms with van der Waals surface area (Å²) in [4.78, 5) is 13.9. The molecule has 1 fully saturated rings. The van der Waals surface area contributed by atoms with Crippen LogP contribution in [0.3, 0.4) is 0 Å². The summed E-state index contributed by atoms with van der Waals surface area (Å²) in [5, 5.41) is 19.6. The van der Waals surface area contributed by atoms with Gasteiger partial charge in [0.1, 0.15) is 0 Å². The molecule has 0 aliphatic carbocycles. The summed E-state index contributed by atoms with van der Waals surface area (Å²) in [6.45, 7) is 1.23. The molecule has 6 heteroatoms. The van der Waals surface area contributed by atoms with Gasteiger partial charge in [0.2, 0.25) is 0 Å². The SMILES string of the molecule is N#CN1CCC(NC(=O)c2cc(-c3ccccc3)cnn2)C1. The first kappa shape index (κ1) is 14.0. The third-order valence-electron chi connectivity index (χ3n) is 3.66. The molecule has 6 nitrogen and oxygen atoms in total. The summed E-state index contributed by atoms with van der Waals surface area (Å²) < 4.78 is 0. The fourth-order valence-corrected chi connectivity index (χ4v) is 2.49. The number of nitrogens with one attached hydrogen (secondary N) is 1. The van der Waals surface area contributed by atoms with Gasteiger partial charge in [0.05, 0.1) is 6.20 Å². The predicted octanol–water partition coefficient (Wildman–Crippen LogP) is 1.43. The minimum absolute atomic E-state index is 0.0191. The first-order valence-electron chi connectivity index (χ1n) is 7.10. The maximum Gasteiger partial charge on any atom is 0.272 e. The highest BCUT2D eigenvalue weighted by molar-refractivity contribution is 5.93. The van der Waals surface area contributed by atoms with Crippen LogP contribution in [0.25, 0.3) is 11.1 Å². The third kappa shape index (κ3) is 3.04. The number of nitriles is 1. The van der Waals surface area contributed by atoms with Crippen molar-refractivity contribution in [2.45, 2.75) is 12.5 Å². The Hall–Kier alpha value is -2.94. The van der Waals surface area contributed by atoms with Gasteiger partial charge in [-0.15, -0.1) is 5.10 Å². The first-order valence-corrected chi connectivity index (χ1v) is 7.10. The Kier molecular flexibility index (Phi) is 3.97. The van der Waals surface area contributed by atoms with Gasteiger partial charge in [0, 0.05) is 24.7 Å². The summed E-state index contributed by atoms with van der Waals surface area (Å²) in [5.74, 6) is -0.255. The number of hydrogen-bond acceptors (Lipinski definition) is 5. The summed E-state index contributed by atoms with van der Waals surface area (Å²) >= 11 is 0. The van der Waals surface area contributed by atoms with E-state index >= 15 is 0 Å². The zero-order chi connectivity index (χ0) is 15.4. The molecule has 110 valence electrons. The van der Waals surface area contributed by atoms with Crippen LogP contribution in [-0.4, -0.2) is 40.1 Å². The first-order chi connectivity index (χ1) is 10.8. The molecule has 1 saturated heterocycles. The average molecular weight is 293 g/mol. The van der Waals surface area contributed by atoms with E-state index in [1.54, 1.807) is 17.2 Å². The van der Waals surface area contributed by atoms with Gasteiger partial charge in [-0.05, 0) is 18.1 Å². The van der Waals surface area contributed by atoms with Crippen molar-refractivity contribution in [1.29, 1.82) is 5.26 Å². The molecular formula is C16H15N5O. The minimum atomic E-state index is -0.255. The van der Waals surface area contributed by atoms with E-state index in [0.717, 1.165) is 17.5 Å². The fourth-order valence-electron chi connectivity index (χ4n) is 2.49. The van der Waals surface area contributed by atoms with Crippen molar-refractivity contribution in [2.24, 2.45) is 0 Å². The number of likely N-dealkylation sites (tertiary alicyclic amines) is 1. The van der Waals surface area contributed by atoms with Crippen LogP contribution in [0.15, 0.2) is 42.6 Å². The number of hydrogen-bond donors (Lipinski definition) is 1. The highest BCUT2D eigenvalue weighted by Gasteiger charge is 2.24. The zero-order valence-corrected chi connectivity index (χ0v) is 11.9. The van der Waals surface area contributed by atoms with Crippen molar-refractivity contribution in [3.05, 3.63) is 48.3 Å². The lowest BCUT2D eigenvalue weighted by Gasteiger charge is -2.12. The predicted molar refractivity (Wildman–Crippen MR) is 80.5 cm³/mol. The Morgan fingerprint density at radius 2 is 2.14 bits per heavy atom. The molecular weight excluding hydrogens is 278 g/mol. The molecule has 0 spiro atoms. The van der Waals surface area contributed by atoms with Crippen molar-refractivity contribution in [3.8, 4) is 17.3 Å². The third-order valence-corrected chi connectivity index (χ3v) is 3.66. The molecule has 1 aliphatic rings. The normalized spacial score (nSPS) is 17.0. The monoisotopic (exact) mass is 293 g/mol. The number of rotatable bonds is 3. The molecule has 0 radical (unpaired) electrons. The highest BCUT2D eigenvalue weighted by atomic mass is 16.2. The number of carbonyl (C=O) groups excluding carboxylic acids is 1. The molecule has 3 rings (SSSR count). The standard InChI is InChI=1S/C16H15N5O/c17-11-21-7-6-14(10-21)19-16(22)15-8-13(9-18-20-15)12-4-2-1-3-5-12/h1-5,8-9,14H,6-7,10H2,(H,19,22). The van der Waals surface area contributed by atoms with Crippen LogP contribution in [0, 0.1) is 11.5 Å². The Labute approximate surface area is 128 Å². The summed E-state index contributed by atoms with van der Waals surface area (Å²) in [7, 11) is 0. The van der Waals surface area contributed by atoms with Crippen molar-refractivity contribution in [3.63, 3.8) is 0 Å². The quantitative estimate of drug-likeness (QED) is 0.866. The van der Waals surface area contributed by atoms with E-state index in [-0.39, 0.29) is 17.6 Å². The Balaban J connectivity index is 1.73. The van der Waals surface area contributed by atoms with Gasteiger partial charge in [0.25, 0.3) is 5.91 Å². The number of aromatic nitrogens is 2. The van der Waals surface area contributed by atoms with E-state index in [4.69, 9.17) is 5.26 Å². The fraction of sp³-hybridized carbons (Fsp3) is 0.250. The van der Waals surface area contributed by atoms with E-state index in [9.17, 15) is 4.79 Å². The van der Waals surface area contributed by atoms with Crippen molar-refractivity contribution in [2.75, 3.05) is 13.1 Å². The second-order valence-corrected chi connectivity index (χ2v) is 5.20. The second kappa shape index (κ2) is 6.22. The van der Waals surface area contributed by atoms with Gasteiger partial charge in [-0.3, -0.25) is 4.79 Å². The van der Waals surface area contributed by atoms with Crippen LogP contribution in [0.2, 0.25) is 0 Å².